The van der Waals surface area contributed by atoms with Crippen LogP contribution in [0.25, 0.3) is 22.2 Å². The maximum absolute atomic E-state index is 16.1. The monoisotopic (exact) mass is 611 g/mol. The number of benzene rings is 1. The van der Waals surface area contributed by atoms with Crippen molar-refractivity contribution >= 4 is 40.7 Å². The van der Waals surface area contributed by atoms with Gasteiger partial charge in [0.05, 0.1) is 28.1 Å². The quantitative estimate of drug-likeness (QED) is 0.300. The van der Waals surface area contributed by atoms with Gasteiger partial charge in [-0.2, -0.15) is 23.1 Å². The molecule has 15 heteroatoms. The van der Waals surface area contributed by atoms with E-state index in [9.17, 15) is 27.9 Å². The van der Waals surface area contributed by atoms with E-state index in [1.807, 2.05) is 0 Å². The summed E-state index contributed by atoms with van der Waals surface area (Å²) in [5.41, 5.74) is -4.02. The van der Waals surface area contributed by atoms with E-state index in [1.54, 1.807) is 30.6 Å². The highest BCUT2D eigenvalue weighted by molar-refractivity contribution is 6.32. The minimum Gasteiger partial charge on any atom is -0.508 e. The van der Waals surface area contributed by atoms with Crippen LogP contribution in [-0.4, -0.2) is 74.7 Å². The Labute approximate surface area is 242 Å². The first-order valence-electron chi connectivity index (χ1n) is 13.0. The number of aldehydes is 1. The van der Waals surface area contributed by atoms with E-state index in [0.717, 1.165) is 6.20 Å². The summed E-state index contributed by atoms with van der Waals surface area (Å²) in [6.45, 7) is 5.44. The fourth-order valence-corrected chi connectivity index (χ4v) is 5.70. The van der Waals surface area contributed by atoms with Gasteiger partial charge in [0.1, 0.15) is 35.0 Å². The minimum absolute atomic E-state index is 0.0691. The summed E-state index contributed by atoms with van der Waals surface area (Å²) in [6, 6.07) is 0.537. The number of halogens is 5. The number of nitrogens with zero attached hydrogens (tertiary/aromatic N) is 5. The number of hydrogen-bond donors (Lipinski definition) is 1. The number of fused-ring (bicyclic) bond motifs is 3. The lowest BCUT2D eigenvalue weighted by Crippen LogP contribution is -2.57. The molecule has 0 radical (unpaired) electrons. The Hall–Kier alpha value is -3.94. The molecule has 5 rings (SSSR count). The Balaban J connectivity index is 1.60. The molecule has 2 aromatic heterocycles. The van der Waals surface area contributed by atoms with Crippen molar-refractivity contribution in [2.75, 3.05) is 24.6 Å². The van der Waals surface area contributed by atoms with Crippen LogP contribution < -0.4 is 9.64 Å². The van der Waals surface area contributed by atoms with Gasteiger partial charge in [-0.15, -0.1) is 0 Å². The van der Waals surface area contributed by atoms with Gasteiger partial charge in [-0.25, -0.2) is 9.18 Å². The number of carbonyl (C=O) groups is 2. The highest BCUT2D eigenvalue weighted by Gasteiger charge is 2.45. The number of phenols is 1. The van der Waals surface area contributed by atoms with Crippen molar-refractivity contribution in [1.29, 1.82) is 0 Å². The maximum atomic E-state index is 16.1. The number of hydrogen-bond acceptors (Lipinski definition) is 9. The van der Waals surface area contributed by atoms with E-state index < -0.39 is 63.4 Å². The van der Waals surface area contributed by atoms with Crippen LogP contribution in [0.5, 0.6) is 11.8 Å². The number of phenolic OH excluding ortho intramolecular Hbond substituents is 1. The maximum Gasteiger partial charge on any atom is 0.418 e. The standard InChI is InChI=1S/C27H26ClF4N5O5/c1-26(2,3)42-25(40)37-13-4-5-14(37)12-36(11-13)23-17-10-33-21(20(29)22(17)34-24(35-23)41-7-6-38)16-8-15(39)9-18(28)19(16)27(30,31)32/h6,8-10,13-14,39H,4-5,7,11-12H2,1-3H3. The molecule has 2 aliphatic heterocycles. The molecule has 1 amide bonds. The number of ether oxygens (including phenoxy) is 2. The molecule has 224 valence electrons. The van der Waals surface area contributed by atoms with Crippen LogP contribution in [0.3, 0.4) is 0 Å². The number of piperazine rings is 1. The summed E-state index contributed by atoms with van der Waals surface area (Å²) in [5, 5.41) is 9.19. The van der Waals surface area contributed by atoms with Crippen LogP contribution in [0.2, 0.25) is 5.02 Å². The first kappa shape index (κ1) is 29.5. The van der Waals surface area contributed by atoms with E-state index in [4.69, 9.17) is 21.1 Å². The van der Waals surface area contributed by atoms with Crippen molar-refractivity contribution in [1.82, 2.24) is 19.9 Å². The normalized spacial score (nSPS) is 18.9. The van der Waals surface area contributed by atoms with Crippen LogP contribution in [0.1, 0.15) is 39.2 Å². The summed E-state index contributed by atoms with van der Waals surface area (Å²) >= 11 is 5.80. The number of carbonyl (C=O) groups excluding carboxylic acids is 2. The zero-order chi connectivity index (χ0) is 30.6. The average molecular weight is 612 g/mol. The van der Waals surface area contributed by atoms with Crippen LogP contribution in [0.4, 0.5) is 28.2 Å². The molecule has 2 unspecified atom stereocenters. The Morgan fingerprint density at radius 2 is 1.83 bits per heavy atom. The number of aromatic nitrogens is 3. The van der Waals surface area contributed by atoms with Gasteiger partial charge in [0, 0.05) is 24.8 Å². The van der Waals surface area contributed by atoms with Crippen molar-refractivity contribution < 1.29 is 41.7 Å². The van der Waals surface area contributed by atoms with Crippen LogP contribution in [0, 0.1) is 5.82 Å². The number of aromatic hydroxyl groups is 1. The van der Waals surface area contributed by atoms with E-state index in [2.05, 4.69) is 15.0 Å². The minimum atomic E-state index is -4.99. The third kappa shape index (κ3) is 5.59. The van der Waals surface area contributed by atoms with Crippen molar-refractivity contribution in [3.63, 3.8) is 0 Å². The molecule has 1 aromatic carbocycles. The van der Waals surface area contributed by atoms with Gasteiger partial charge in [0.15, 0.2) is 12.1 Å². The number of pyridine rings is 1. The largest absolute Gasteiger partial charge is 0.508 e. The number of anilines is 1. The first-order chi connectivity index (χ1) is 19.7. The lowest BCUT2D eigenvalue weighted by Gasteiger charge is -2.42. The zero-order valence-electron chi connectivity index (χ0n) is 22.7. The Kier molecular flexibility index (Phi) is 7.54. The third-order valence-electron chi connectivity index (χ3n) is 6.92. The average Bonchev–Trinajstić information content (AvgIpc) is 3.14. The molecular formula is C27H26ClF4N5O5. The van der Waals surface area contributed by atoms with Crippen LogP contribution in [-0.2, 0) is 15.7 Å². The van der Waals surface area contributed by atoms with Gasteiger partial charge in [-0.1, -0.05) is 11.6 Å². The second-order valence-electron chi connectivity index (χ2n) is 11.0. The third-order valence-corrected chi connectivity index (χ3v) is 7.22. The van der Waals surface area contributed by atoms with Crippen LogP contribution >= 0.6 is 11.6 Å². The van der Waals surface area contributed by atoms with E-state index >= 15 is 4.39 Å². The van der Waals surface area contributed by atoms with Gasteiger partial charge >= 0.3 is 18.3 Å². The highest BCUT2D eigenvalue weighted by Crippen LogP contribution is 2.45. The number of amides is 1. The fraction of sp³-hybridized carbons (Fsp3) is 0.444. The molecule has 10 nitrogen and oxygen atoms in total. The smallest absolute Gasteiger partial charge is 0.418 e. The fourth-order valence-electron chi connectivity index (χ4n) is 5.38. The predicted molar refractivity (Wildman–Crippen MR) is 143 cm³/mol. The van der Waals surface area contributed by atoms with Crippen LogP contribution in [0.15, 0.2) is 18.3 Å². The summed E-state index contributed by atoms with van der Waals surface area (Å²) < 4.78 is 68.6. The number of alkyl halides is 3. The summed E-state index contributed by atoms with van der Waals surface area (Å²) in [6.07, 6.45) is -2.50. The molecule has 2 aliphatic rings. The summed E-state index contributed by atoms with van der Waals surface area (Å²) in [7, 11) is 0. The van der Waals surface area contributed by atoms with Crippen molar-refractivity contribution in [3.8, 4) is 23.0 Å². The molecule has 0 aliphatic carbocycles. The Bertz CT molecular complexity index is 1550. The molecule has 2 atom stereocenters. The van der Waals surface area contributed by atoms with Crippen molar-refractivity contribution in [2.45, 2.75) is 57.5 Å². The van der Waals surface area contributed by atoms with E-state index in [-0.39, 0.29) is 29.3 Å². The Morgan fingerprint density at radius 3 is 2.43 bits per heavy atom. The van der Waals surface area contributed by atoms with Gasteiger partial charge < -0.3 is 19.5 Å². The molecule has 2 saturated heterocycles. The molecular weight excluding hydrogens is 586 g/mol. The van der Waals surface area contributed by atoms with Crippen molar-refractivity contribution in [2.24, 2.45) is 0 Å². The zero-order valence-corrected chi connectivity index (χ0v) is 23.5. The molecule has 4 heterocycles. The predicted octanol–water partition coefficient (Wildman–Crippen LogP) is 5.37. The SMILES string of the molecule is CC(C)(C)OC(=O)N1C2CCC1CN(c1nc(OCC=O)nc3c(F)c(-c4cc(O)cc(Cl)c4C(F)(F)F)ncc13)C2. The van der Waals surface area contributed by atoms with E-state index in [0.29, 0.717) is 44.4 Å². The molecule has 1 N–H and O–H groups in total. The molecule has 0 saturated carbocycles. The van der Waals surface area contributed by atoms with E-state index in [1.165, 1.54) is 0 Å². The highest BCUT2D eigenvalue weighted by atomic mass is 35.5. The molecule has 42 heavy (non-hydrogen) atoms. The van der Waals surface area contributed by atoms with Gasteiger partial charge in [0.25, 0.3) is 0 Å². The summed E-state index contributed by atoms with van der Waals surface area (Å²) in [4.78, 5) is 39.7. The Morgan fingerprint density at radius 1 is 1.17 bits per heavy atom. The molecule has 0 spiro atoms. The second kappa shape index (κ2) is 10.7. The lowest BCUT2D eigenvalue weighted by molar-refractivity contribution is -0.137. The van der Waals surface area contributed by atoms with Gasteiger partial charge in [0.2, 0.25) is 0 Å². The second-order valence-corrected chi connectivity index (χ2v) is 11.4. The topological polar surface area (TPSA) is 118 Å². The summed E-state index contributed by atoms with van der Waals surface area (Å²) in [5.74, 6) is -1.69. The molecule has 3 aromatic rings. The first-order valence-corrected chi connectivity index (χ1v) is 13.3. The van der Waals surface area contributed by atoms with Gasteiger partial charge in [-0.05, 0) is 45.7 Å². The lowest BCUT2D eigenvalue weighted by atomic mass is 10.0. The van der Waals surface area contributed by atoms with Crippen molar-refractivity contribution in [3.05, 3.63) is 34.7 Å². The number of rotatable bonds is 5. The van der Waals surface area contributed by atoms with Gasteiger partial charge in [-0.3, -0.25) is 14.7 Å². The molecule has 2 fully saturated rings. The molecule has 2 bridgehead atoms.